The fourth-order valence-corrected chi connectivity index (χ4v) is 5.02. The molecule has 0 fully saturated rings. The standard InChI is InChI=1S/C28H24N2O7S/c1-5-14-35-27(34)24-16(2)29-28-30(25(24)19-10-12-21(13-11-19)36-17(3)31)26(33)23(38-28)15-20-8-6-7-9-22(20)37-18(4)32/h5-13,15,25H,1,14H2,2-4H3. The molecular formula is C28H24N2O7S. The highest BCUT2D eigenvalue weighted by Crippen LogP contribution is 2.31. The topological polar surface area (TPSA) is 113 Å². The summed E-state index contributed by atoms with van der Waals surface area (Å²) < 4.78 is 17.5. The highest BCUT2D eigenvalue weighted by Gasteiger charge is 2.33. The lowest BCUT2D eigenvalue weighted by atomic mass is 9.96. The molecule has 0 aliphatic carbocycles. The van der Waals surface area contributed by atoms with Crippen LogP contribution in [0.1, 0.15) is 37.9 Å². The smallest absolute Gasteiger partial charge is 0.338 e. The molecule has 0 radical (unpaired) electrons. The second kappa shape index (κ2) is 11.2. The van der Waals surface area contributed by atoms with Crippen LogP contribution in [-0.4, -0.2) is 29.1 Å². The molecule has 194 valence electrons. The van der Waals surface area contributed by atoms with Crippen LogP contribution in [0.5, 0.6) is 11.5 Å². The molecule has 10 heteroatoms. The molecule has 4 rings (SSSR count). The molecule has 3 aromatic rings. The van der Waals surface area contributed by atoms with Crippen LogP contribution in [0.2, 0.25) is 0 Å². The summed E-state index contributed by atoms with van der Waals surface area (Å²) in [4.78, 5) is 54.7. The predicted molar refractivity (Wildman–Crippen MR) is 140 cm³/mol. The van der Waals surface area contributed by atoms with E-state index in [1.807, 2.05) is 0 Å². The molecule has 1 aliphatic rings. The highest BCUT2D eigenvalue weighted by molar-refractivity contribution is 7.07. The summed E-state index contributed by atoms with van der Waals surface area (Å²) >= 11 is 1.15. The molecule has 0 amide bonds. The van der Waals surface area contributed by atoms with Crippen molar-refractivity contribution in [2.45, 2.75) is 26.8 Å². The van der Waals surface area contributed by atoms with Crippen molar-refractivity contribution in [3.05, 3.63) is 103 Å². The van der Waals surface area contributed by atoms with Crippen LogP contribution in [0.15, 0.2) is 82.2 Å². The predicted octanol–water partition coefficient (Wildman–Crippen LogP) is 2.82. The third kappa shape index (κ3) is 5.55. The van der Waals surface area contributed by atoms with Crippen LogP contribution in [0, 0.1) is 0 Å². The Bertz CT molecular complexity index is 1650. The molecule has 9 nitrogen and oxygen atoms in total. The number of benzene rings is 2. The number of ether oxygens (including phenoxy) is 3. The van der Waals surface area contributed by atoms with Crippen LogP contribution in [0.4, 0.5) is 0 Å². The number of para-hydroxylation sites is 1. The number of hydrogen-bond donors (Lipinski definition) is 0. The molecular weight excluding hydrogens is 508 g/mol. The Balaban J connectivity index is 1.90. The van der Waals surface area contributed by atoms with Crippen molar-refractivity contribution in [3.8, 4) is 11.5 Å². The van der Waals surface area contributed by atoms with Crippen molar-refractivity contribution < 1.29 is 28.6 Å². The zero-order chi connectivity index (χ0) is 27.4. The maximum Gasteiger partial charge on any atom is 0.338 e. The van der Waals surface area contributed by atoms with Gasteiger partial charge < -0.3 is 14.2 Å². The summed E-state index contributed by atoms with van der Waals surface area (Å²) in [5, 5.41) is 0. The first-order valence-electron chi connectivity index (χ1n) is 11.6. The minimum Gasteiger partial charge on any atom is -0.458 e. The van der Waals surface area contributed by atoms with Crippen molar-refractivity contribution in [1.29, 1.82) is 0 Å². The molecule has 38 heavy (non-hydrogen) atoms. The Labute approximate surface area is 221 Å². The molecule has 0 bridgehead atoms. The molecule has 1 unspecified atom stereocenters. The summed E-state index contributed by atoms with van der Waals surface area (Å²) in [6, 6.07) is 12.5. The molecule has 2 heterocycles. The molecule has 0 N–H and O–H groups in total. The zero-order valence-corrected chi connectivity index (χ0v) is 21.7. The van der Waals surface area contributed by atoms with Gasteiger partial charge in [0.05, 0.1) is 21.8 Å². The van der Waals surface area contributed by atoms with E-state index in [-0.39, 0.29) is 17.7 Å². The normalized spacial score (nSPS) is 14.8. The number of carbonyl (C=O) groups is 3. The largest absolute Gasteiger partial charge is 0.458 e. The number of thiazole rings is 1. The summed E-state index contributed by atoms with van der Waals surface area (Å²) in [5.41, 5.74) is 1.35. The van der Waals surface area contributed by atoms with Gasteiger partial charge in [-0.25, -0.2) is 9.79 Å². The molecule has 1 aromatic heterocycles. The van der Waals surface area contributed by atoms with E-state index in [0.717, 1.165) is 11.3 Å². The second-order valence-corrected chi connectivity index (χ2v) is 9.27. The quantitative estimate of drug-likeness (QED) is 0.261. The number of aromatic nitrogens is 1. The number of nitrogens with zero attached hydrogens (tertiary/aromatic N) is 2. The average Bonchev–Trinajstić information content (AvgIpc) is 3.17. The van der Waals surface area contributed by atoms with Crippen molar-refractivity contribution in [3.63, 3.8) is 0 Å². The van der Waals surface area contributed by atoms with Crippen molar-refractivity contribution >= 4 is 35.3 Å². The minimum atomic E-state index is -0.846. The van der Waals surface area contributed by atoms with E-state index in [2.05, 4.69) is 11.6 Å². The van der Waals surface area contributed by atoms with Gasteiger partial charge in [-0.05, 0) is 36.8 Å². The fraction of sp³-hybridized carbons (Fsp3) is 0.179. The zero-order valence-electron chi connectivity index (χ0n) is 20.9. The molecule has 0 spiro atoms. The number of hydrogen-bond acceptors (Lipinski definition) is 9. The summed E-state index contributed by atoms with van der Waals surface area (Å²) in [6.45, 7) is 7.84. The van der Waals surface area contributed by atoms with Gasteiger partial charge in [0.1, 0.15) is 18.1 Å². The third-order valence-corrected chi connectivity index (χ3v) is 6.47. The minimum absolute atomic E-state index is 0.00885. The van der Waals surface area contributed by atoms with Gasteiger partial charge in [-0.3, -0.25) is 19.0 Å². The lowest BCUT2D eigenvalue weighted by Crippen LogP contribution is -2.39. The Morgan fingerprint density at radius 2 is 1.74 bits per heavy atom. The first kappa shape index (κ1) is 26.5. The van der Waals surface area contributed by atoms with Crippen LogP contribution in [-0.2, 0) is 19.1 Å². The van der Waals surface area contributed by atoms with Crippen LogP contribution >= 0.6 is 11.3 Å². The maximum atomic E-state index is 13.8. The van der Waals surface area contributed by atoms with Crippen molar-refractivity contribution in [1.82, 2.24) is 4.57 Å². The lowest BCUT2D eigenvalue weighted by molar-refractivity contribution is -0.138. The fourth-order valence-electron chi connectivity index (χ4n) is 3.98. The first-order valence-corrected chi connectivity index (χ1v) is 12.4. The van der Waals surface area contributed by atoms with E-state index in [1.165, 1.54) is 24.5 Å². The number of allylic oxidation sites excluding steroid dienone is 1. The van der Waals surface area contributed by atoms with Gasteiger partial charge in [-0.1, -0.05) is 54.3 Å². The average molecular weight is 533 g/mol. The van der Waals surface area contributed by atoms with Crippen LogP contribution in [0.3, 0.4) is 0 Å². The molecule has 2 aromatic carbocycles. The van der Waals surface area contributed by atoms with Gasteiger partial charge in [0, 0.05) is 19.4 Å². The number of esters is 3. The van der Waals surface area contributed by atoms with Gasteiger partial charge in [0.25, 0.3) is 5.56 Å². The molecule has 0 saturated heterocycles. The third-order valence-electron chi connectivity index (χ3n) is 5.49. The van der Waals surface area contributed by atoms with Crippen LogP contribution in [0.25, 0.3) is 6.08 Å². The molecule has 0 saturated carbocycles. The summed E-state index contributed by atoms with van der Waals surface area (Å²) in [5.74, 6) is -0.942. The van der Waals surface area contributed by atoms with Gasteiger partial charge in [0.15, 0.2) is 4.80 Å². The van der Waals surface area contributed by atoms with E-state index in [1.54, 1.807) is 61.5 Å². The van der Waals surface area contributed by atoms with E-state index < -0.39 is 23.9 Å². The SMILES string of the molecule is C=CCOC(=O)C1=C(C)N=c2sc(=Cc3ccccc3OC(C)=O)c(=O)n2C1c1ccc(OC(C)=O)cc1. The van der Waals surface area contributed by atoms with Gasteiger partial charge in [-0.15, -0.1) is 0 Å². The maximum absolute atomic E-state index is 13.8. The molecule has 1 aliphatic heterocycles. The Morgan fingerprint density at radius 3 is 2.39 bits per heavy atom. The van der Waals surface area contributed by atoms with Crippen molar-refractivity contribution in [2.24, 2.45) is 4.99 Å². The highest BCUT2D eigenvalue weighted by atomic mass is 32.1. The summed E-state index contributed by atoms with van der Waals surface area (Å²) in [7, 11) is 0. The lowest BCUT2D eigenvalue weighted by Gasteiger charge is -2.24. The van der Waals surface area contributed by atoms with Gasteiger partial charge in [0.2, 0.25) is 0 Å². The molecule has 1 atom stereocenters. The van der Waals surface area contributed by atoms with E-state index >= 15 is 0 Å². The van der Waals surface area contributed by atoms with Crippen molar-refractivity contribution in [2.75, 3.05) is 6.61 Å². The summed E-state index contributed by atoms with van der Waals surface area (Å²) in [6.07, 6.45) is 3.07. The Morgan fingerprint density at radius 1 is 1.05 bits per heavy atom. The van der Waals surface area contributed by atoms with Crippen LogP contribution < -0.4 is 24.4 Å². The second-order valence-electron chi connectivity index (χ2n) is 8.26. The van der Waals surface area contributed by atoms with Gasteiger partial charge in [-0.2, -0.15) is 0 Å². The number of carbonyl (C=O) groups excluding carboxylic acids is 3. The van der Waals surface area contributed by atoms with Gasteiger partial charge >= 0.3 is 17.9 Å². The first-order chi connectivity index (χ1) is 18.2. The Kier molecular flexibility index (Phi) is 7.82. The van der Waals surface area contributed by atoms with E-state index in [4.69, 9.17) is 14.2 Å². The van der Waals surface area contributed by atoms with E-state index in [0.29, 0.717) is 37.7 Å². The monoisotopic (exact) mass is 532 g/mol. The number of fused-ring (bicyclic) bond motifs is 1. The Hall–Kier alpha value is -4.57. The number of rotatable bonds is 7. The van der Waals surface area contributed by atoms with E-state index in [9.17, 15) is 19.2 Å².